The lowest BCUT2D eigenvalue weighted by molar-refractivity contribution is 0.867. The highest BCUT2D eigenvalue weighted by molar-refractivity contribution is 5.79. The molecule has 0 saturated carbocycles. The van der Waals surface area contributed by atoms with Crippen molar-refractivity contribution in [1.29, 1.82) is 5.26 Å². The summed E-state index contributed by atoms with van der Waals surface area (Å²) in [5.74, 6) is 0.685. The summed E-state index contributed by atoms with van der Waals surface area (Å²) >= 11 is 0. The first-order valence-electron chi connectivity index (χ1n) is 7.82. The van der Waals surface area contributed by atoms with Crippen LogP contribution in [0.4, 0.5) is 5.82 Å². The summed E-state index contributed by atoms with van der Waals surface area (Å²) in [6.45, 7) is 4.30. The van der Waals surface area contributed by atoms with Gasteiger partial charge in [-0.2, -0.15) is 5.26 Å². The Hall–Kier alpha value is -3.19. The molecule has 118 valence electrons. The van der Waals surface area contributed by atoms with E-state index in [1.165, 1.54) is 5.56 Å². The van der Waals surface area contributed by atoms with Crippen molar-refractivity contribution in [3.8, 4) is 28.6 Å². The molecule has 0 unspecified atom stereocenters. The van der Waals surface area contributed by atoms with Crippen molar-refractivity contribution in [2.45, 2.75) is 19.8 Å². The molecular formula is C20H18N4. The Morgan fingerprint density at radius 1 is 1.04 bits per heavy atom. The molecule has 4 heteroatoms. The highest BCUT2D eigenvalue weighted by Crippen LogP contribution is 2.31. The fourth-order valence-corrected chi connectivity index (χ4v) is 2.60. The molecule has 0 saturated heterocycles. The number of nitriles is 1. The van der Waals surface area contributed by atoms with E-state index in [4.69, 9.17) is 5.73 Å². The summed E-state index contributed by atoms with van der Waals surface area (Å²) in [5.41, 5.74) is 10.8. The van der Waals surface area contributed by atoms with Gasteiger partial charge in [0, 0.05) is 11.8 Å². The SMILES string of the molecule is CC(C)c1ccc(-c2cc(-c3ccccn3)nc(N)c2C#N)cc1. The van der Waals surface area contributed by atoms with Gasteiger partial charge in [0.2, 0.25) is 0 Å². The van der Waals surface area contributed by atoms with Gasteiger partial charge in [-0.05, 0) is 35.2 Å². The van der Waals surface area contributed by atoms with E-state index in [9.17, 15) is 5.26 Å². The van der Waals surface area contributed by atoms with Crippen LogP contribution in [0.2, 0.25) is 0 Å². The first-order valence-corrected chi connectivity index (χ1v) is 7.82. The Morgan fingerprint density at radius 2 is 1.79 bits per heavy atom. The van der Waals surface area contributed by atoms with Gasteiger partial charge in [0.1, 0.15) is 17.5 Å². The van der Waals surface area contributed by atoms with Gasteiger partial charge in [-0.25, -0.2) is 4.98 Å². The summed E-state index contributed by atoms with van der Waals surface area (Å²) in [4.78, 5) is 8.66. The molecule has 0 fully saturated rings. The molecule has 4 nitrogen and oxygen atoms in total. The van der Waals surface area contributed by atoms with Gasteiger partial charge in [-0.3, -0.25) is 4.98 Å². The van der Waals surface area contributed by atoms with E-state index in [-0.39, 0.29) is 5.82 Å². The lowest BCUT2D eigenvalue weighted by Crippen LogP contribution is -2.00. The van der Waals surface area contributed by atoms with Crippen LogP contribution in [0.5, 0.6) is 0 Å². The van der Waals surface area contributed by atoms with E-state index < -0.39 is 0 Å². The standard InChI is InChI=1S/C20H18N4/c1-13(2)14-6-8-15(9-7-14)16-11-19(18-5-3-4-10-23-18)24-20(22)17(16)12-21/h3-11,13H,1-2H3,(H2,22,24). The van der Waals surface area contributed by atoms with Crippen LogP contribution in [0.3, 0.4) is 0 Å². The third kappa shape index (κ3) is 2.97. The van der Waals surface area contributed by atoms with Gasteiger partial charge >= 0.3 is 0 Å². The van der Waals surface area contributed by atoms with Crippen LogP contribution in [0, 0.1) is 11.3 Å². The minimum Gasteiger partial charge on any atom is -0.383 e. The number of nitrogens with zero attached hydrogens (tertiary/aromatic N) is 3. The van der Waals surface area contributed by atoms with Crippen LogP contribution in [0.1, 0.15) is 30.9 Å². The molecule has 2 heterocycles. The average molecular weight is 314 g/mol. The fraction of sp³-hybridized carbons (Fsp3) is 0.150. The van der Waals surface area contributed by atoms with Crippen molar-refractivity contribution in [3.63, 3.8) is 0 Å². The van der Waals surface area contributed by atoms with Gasteiger partial charge in [-0.1, -0.05) is 44.2 Å². The molecule has 3 rings (SSSR count). The number of rotatable bonds is 3. The quantitative estimate of drug-likeness (QED) is 0.778. The molecular weight excluding hydrogens is 296 g/mol. The predicted octanol–water partition coefficient (Wildman–Crippen LogP) is 4.39. The molecule has 3 aromatic rings. The predicted molar refractivity (Wildman–Crippen MR) is 96.1 cm³/mol. The second kappa shape index (κ2) is 6.51. The van der Waals surface area contributed by atoms with Crippen molar-refractivity contribution in [3.05, 3.63) is 65.9 Å². The van der Waals surface area contributed by atoms with Crippen LogP contribution in [0.25, 0.3) is 22.5 Å². The molecule has 0 spiro atoms. The van der Waals surface area contributed by atoms with Gasteiger partial charge < -0.3 is 5.73 Å². The number of pyridine rings is 2. The number of aromatic nitrogens is 2. The molecule has 0 aliphatic carbocycles. The monoisotopic (exact) mass is 314 g/mol. The zero-order valence-electron chi connectivity index (χ0n) is 13.7. The number of nitrogens with two attached hydrogens (primary N) is 1. The smallest absolute Gasteiger partial charge is 0.142 e. The topological polar surface area (TPSA) is 75.6 Å². The molecule has 2 aromatic heterocycles. The summed E-state index contributed by atoms with van der Waals surface area (Å²) < 4.78 is 0. The van der Waals surface area contributed by atoms with E-state index in [0.717, 1.165) is 16.8 Å². The van der Waals surface area contributed by atoms with Gasteiger partial charge in [0.05, 0.1) is 11.4 Å². The Morgan fingerprint density at radius 3 is 2.38 bits per heavy atom. The second-order valence-corrected chi connectivity index (χ2v) is 5.92. The van der Waals surface area contributed by atoms with Crippen molar-refractivity contribution < 1.29 is 0 Å². The van der Waals surface area contributed by atoms with E-state index in [0.29, 0.717) is 17.2 Å². The normalized spacial score (nSPS) is 10.6. The lowest BCUT2D eigenvalue weighted by atomic mass is 9.96. The largest absolute Gasteiger partial charge is 0.383 e. The molecule has 0 amide bonds. The number of hydrogen-bond acceptors (Lipinski definition) is 4. The Kier molecular flexibility index (Phi) is 4.26. The number of hydrogen-bond donors (Lipinski definition) is 1. The minimum atomic E-state index is 0.226. The highest BCUT2D eigenvalue weighted by atomic mass is 14.9. The number of nitrogen functional groups attached to an aromatic ring is 1. The Bertz CT molecular complexity index is 891. The number of benzene rings is 1. The van der Waals surface area contributed by atoms with E-state index in [1.807, 2.05) is 36.4 Å². The molecule has 2 N–H and O–H groups in total. The lowest BCUT2D eigenvalue weighted by Gasteiger charge is -2.11. The molecule has 0 atom stereocenters. The summed E-state index contributed by atoms with van der Waals surface area (Å²) in [5, 5.41) is 9.48. The zero-order chi connectivity index (χ0) is 17.1. The highest BCUT2D eigenvalue weighted by Gasteiger charge is 2.14. The number of anilines is 1. The zero-order valence-corrected chi connectivity index (χ0v) is 13.7. The van der Waals surface area contributed by atoms with Gasteiger partial charge in [0.15, 0.2) is 0 Å². The average Bonchev–Trinajstić information content (AvgIpc) is 2.62. The molecule has 0 radical (unpaired) electrons. The maximum atomic E-state index is 9.48. The van der Waals surface area contributed by atoms with Crippen LogP contribution < -0.4 is 5.73 Å². The maximum absolute atomic E-state index is 9.48. The molecule has 24 heavy (non-hydrogen) atoms. The van der Waals surface area contributed by atoms with Crippen molar-refractivity contribution in [1.82, 2.24) is 9.97 Å². The van der Waals surface area contributed by atoms with E-state index >= 15 is 0 Å². The first-order chi connectivity index (χ1) is 11.6. The van der Waals surface area contributed by atoms with Crippen LogP contribution in [0.15, 0.2) is 54.7 Å². The molecule has 0 aliphatic heterocycles. The van der Waals surface area contributed by atoms with Crippen molar-refractivity contribution in [2.75, 3.05) is 5.73 Å². The maximum Gasteiger partial charge on any atom is 0.142 e. The Balaban J connectivity index is 2.15. The van der Waals surface area contributed by atoms with E-state index in [2.05, 4.69) is 42.0 Å². The van der Waals surface area contributed by atoms with Gasteiger partial charge in [0.25, 0.3) is 0 Å². The Labute approximate surface area is 141 Å². The van der Waals surface area contributed by atoms with E-state index in [1.54, 1.807) is 6.20 Å². The molecule has 0 aliphatic rings. The van der Waals surface area contributed by atoms with Crippen LogP contribution in [-0.2, 0) is 0 Å². The third-order valence-electron chi connectivity index (χ3n) is 3.97. The first kappa shape index (κ1) is 15.7. The van der Waals surface area contributed by atoms with Crippen LogP contribution in [-0.4, -0.2) is 9.97 Å². The summed E-state index contributed by atoms with van der Waals surface area (Å²) in [7, 11) is 0. The molecule has 1 aromatic carbocycles. The second-order valence-electron chi connectivity index (χ2n) is 5.92. The molecule has 0 bridgehead atoms. The summed E-state index contributed by atoms with van der Waals surface area (Å²) in [6.07, 6.45) is 1.71. The van der Waals surface area contributed by atoms with Crippen molar-refractivity contribution in [2.24, 2.45) is 0 Å². The third-order valence-corrected chi connectivity index (χ3v) is 3.97. The fourth-order valence-electron chi connectivity index (χ4n) is 2.60. The van der Waals surface area contributed by atoms with Gasteiger partial charge in [-0.15, -0.1) is 0 Å². The van der Waals surface area contributed by atoms with Crippen molar-refractivity contribution >= 4 is 5.82 Å². The minimum absolute atomic E-state index is 0.226. The summed E-state index contributed by atoms with van der Waals surface area (Å²) in [6, 6.07) is 17.9. The van der Waals surface area contributed by atoms with Crippen LogP contribution >= 0.6 is 0 Å².